The Labute approximate surface area is 97.5 Å². The second kappa shape index (κ2) is 4.16. The van der Waals surface area contributed by atoms with Gasteiger partial charge in [-0.15, -0.1) is 0 Å². The van der Waals surface area contributed by atoms with E-state index < -0.39 is 17.7 Å². The molecule has 0 saturated heterocycles. The number of pyridine rings is 1. The van der Waals surface area contributed by atoms with E-state index in [1.807, 2.05) is 13.8 Å². The third-order valence-electron chi connectivity index (χ3n) is 2.72. The smallest absolute Gasteiger partial charge is 0.312 e. The van der Waals surface area contributed by atoms with Crippen LogP contribution in [0.2, 0.25) is 0 Å². The molecule has 0 aromatic carbocycles. The highest BCUT2D eigenvalue weighted by molar-refractivity contribution is 5.81. The van der Waals surface area contributed by atoms with E-state index in [1.165, 1.54) is 6.07 Å². The molecule has 1 atom stereocenters. The van der Waals surface area contributed by atoms with Gasteiger partial charge in [0.25, 0.3) is 0 Å². The topological polar surface area (TPSA) is 66.0 Å². The average molecular weight is 236 g/mol. The summed E-state index contributed by atoms with van der Waals surface area (Å²) in [6.45, 7) is 3.66. The van der Waals surface area contributed by atoms with E-state index in [-0.39, 0.29) is 5.92 Å². The minimum Gasteiger partial charge on any atom is -0.481 e. The number of hydrogen-bond acceptors (Lipinski definition) is 2. The van der Waals surface area contributed by atoms with Gasteiger partial charge in [-0.2, -0.15) is 0 Å². The van der Waals surface area contributed by atoms with E-state index in [9.17, 15) is 9.18 Å². The molecule has 2 rings (SSSR count). The van der Waals surface area contributed by atoms with Crippen molar-refractivity contribution in [1.29, 1.82) is 0 Å². The maximum Gasteiger partial charge on any atom is 0.312 e. The van der Waals surface area contributed by atoms with E-state index in [1.54, 1.807) is 6.07 Å². The van der Waals surface area contributed by atoms with Gasteiger partial charge >= 0.3 is 5.97 Å². The first kappa shape index (κ1) is 11.6. The second-order valence-corrected chi connectivity index (χ2v) is 4.37. The highest BCUT2D eigenvalue weighted by Gasteiger charge is 2.25. The lowest BCUT2D eigenvalue weighted by molar-refractivity contribution is -0.139. The fraction of sp³-hybridized carbons (Fsp3) is 0.333. The number of carboxylic acids is 1. The van der Waals surface area contributed by atoms with Gasteiger partial charge in [-0.25, -0.2) is 4.39 Å². The fourth-order valence-electron chi connectivity index (χ4n) is 1.95. The minimum absolute atomic E-state index is 0.0505. The predicted molar refractivity (Wildman–Crippen MR) is 61.3 cm³/mol. The summed E-state index contributed by atoms with van der Waals surface area (Å²) in [4.78, 5) is 18.0. The molecule has 90 valence electrons. The number of aromatic amines is 1. The Hall–Kier alpha value is -1.91. The second-order valence-electron chi connectivity index (χ2n) is 4.37. The number of H-pyrrole nitrogens is 1. The quantitative estimate of drug-likeness (QED) is 0.860. The number of aliphatic carboxylic acids is 1. The number of carbonyl (C=O) groups is 1. The van der Waals surface area contributed by atoms with Crippen molar-refractivity contribution in [2.75, 3.05) is 0 Å². The highest BCUT2D eigenvalue weighted by atomic mass is 19.1. The van der Waals surface area contributed by atoms with Crippen molar-refractivity contribution in [2.24, 2.45) is 5.92 Å². The van der Waals surface area contributed by atoms with Gasteiger partial charge in [0.05, 0.1) is 23.1 Å². The first-order valence-electron chi connectivity index (χ1n) is 5.36. The Kier molecular flexibility index (Phi) is 2.83. The van der Waals surface area contributed by atoms with Crippen LogP contribution in [0.5, 0.6) is 0 Å². The molecule has 4 nitrogen and oxygen atoms in total. The van der Waals surface area contributed by atoms with Crippen LogP contribution in [0.15, 0.2) is 18.3 Å². The summed E-state index contributed by atoms with van der Waals surface area (Å²) in [5, 5.41) is 9.16. The Morgan fingerprint density at radius 1 is 1.47 bits per heavy atom. The third-order valence-corrected chi connectivity index (χ3v) is 2.72. The summed E-state index contributed by atoms with van der Waals surface area (Å²) < 4.78 is 13.0. The molecule has 0 aliphatic rings. The molecule has 0 aliphatic carbocycles. The summed E-state index contributed by atoms with van der Waals surface area (Å²) >= 11 is 0. The van der Waals surface area contributed by atoms with Crippen LogP contribution in [-0.4, -0.2) is 21.0 Å². The molecule has 0 aliphatic heterocycles. The van der Waals surface area contributed by atoms with Crippen molar-refractivity contribution in [3.63, 3.8) is 0 Å². The number of rotatable bonds is 3. The lowest BCUT2D eigenvalue weighted by Gasteiger charge is -2.13. The standard InChI is InChI=1S/C12H13FN2O2/c1-6(2)11(12(16)17)10-4-8-9(15-10)3-7(13)5-14-8/h3-6,11,15H,1-2H3,(H,16,17). The molecule has 0 radical (unpaired) electrons. The van der Waals surface area contributed by atoms with Crippen LogP contribution >= 0.6 is 0 Å². The van der Waals surface area contributed by atoms with E-state index in [2.05, 4.69) is 9.97 Å². The summed E-state index contributed by atoms with van der Waals surface area (Å²) in [5.41, 5.74) is 1.65. The molecule has 0 bridgehead atoms. The van der Waals surface area contributed by atoms with Crippen LogP contribution in [0.3, 0.4) is 0 Å². The van der Waals surface area contributed by atoms with Crippen molar-refractivity contribution in [3.05, 3.63) is 29.8 Å². The Morgan fingerprint density at radius 2 is 2.18 bits per heavy atom. The number of hydrogen-bond donors (Lipinski definition) is 2. The summed E-state index contributed by atoms with van der Waals surface area (Å²) in [6, 6.07) is 2.97. The van der Waals surface area contributed by atoms with Gasteiger partial charge in [0.2, 0.25) is 0 Å². The molecule has 0 fully saturated rings. The first-order chi connectivity index (χ1) is 7.99. The summed E-state index contributed by atoms with van der Waals surface area (Å²) in [5.74, 6) is -2.02. The molecule has 2 N–H and O–H groups in total. The minimum atomic E-state index is -0.896. The zero-order valence-corrected chi connectivity index (χ0v) is 9.57. The monoisotopic (exact) mass is 236 g/mol. The number of aromatic nitrogens is 2. The molecule has 2 aromatic heterocycles. The van der Waals surface area contributed by atoms with Gasteiger partial charge in [-0.3, -0.25) is 9.78 Å². The van der Waals surface area contributed by atoms with Gasteiger partial charge < -0.3 is 10.1 Å². The van der Waals surface area contributed by atoms with Gasteiger partial charge in [0, 0.05) is 11.8 Å². The Bertz CT molecular complexity index is 563. The van der Waals surface area contributed by atoms with Crippen molar-refractivity contribution in [3.8, 4) is 0 Å². The number of halogens is 1. The number of fused-ring (bicyclic) bond motifs is 1. The summed E-state index contributed by atoms with van der Waals surface area (Å²) in [7, 11) is 0. The van der Waals surface area contributed by atoms with Crippen LogP contribution in [-0.2, 0) is 4.79 Å². The van der Waals surface area contributed by atoms with E-state index in [0.29, 0.717) is 16.7 Å². The van der Waals surface area contributed by atoms with Gasteiger partial charge in [-0.05, 0) is 12.0 Å². The van der Waals surface area contributed by atoms with E-state index >= 15 is 0 Å². The molecule has 2 heterocycles. The van der Waals surface area contributed by atoms with Crippen LogP contribution in [0.25, 0.3) is 11.0 Å². The predicted octanol–water partition coefficient (Wildman–Crippen LogP) is 2.53. The van der Waals surface area contributed by atoms with Crippen molar-refractivity contribution in [1.82, 2.24) is 9.97 Å². The normalized spacial score (nSPS) is 13.2. The maximum absolute atomic E-state index is 13.0. The van der Waals surface area contributed by atoms with Crippen LogP contribution in [0, 0.1) is 11.7 Å². The SMILES string of the molecule is CC(C)C(C(=O)O)c1cc2ncc(F)cc2[nH]1. The largest absolute Gasteiger partial charge is 0.481 e. The first-order valence-corrected chi connectivity index (χ1v) is 5.36. The van der Waals surface area contributed by atoms with Gasteiger partial charge in [0.15, 0.2) is 0 Å². The van der Waals surface area contributed by atoms with Crippen molar-refractivity contribution >= 4 is 17.0 Å². The van der Waals surface area contributed by atoms with Crippen molar-refractivity contribution < 1.29 is 14.3 Å². The average Bonchev–Trinajstić information content (AvgIpc) is 2.58. The molecule has 0 spiro atoms. The summed E-state index contributed by atoms with van der Waals surface area (Å²) in [6.07, 6.45) is 1.12. The molecule has 17 heavy (non-hydrogen) atoms. The van der Waals surface area contributed by atoms with Gasteiger partial charge in [0.1, 0.15) is 5.82 Å². The zero-order chi connectivity index (χ0) is 12.6. The molecule has 0 amide bonds. The molecule has 5 heteroatoms. The van der Waals surface area contributed by atoms with Crippen molar-refractivity contribution in [2.45, 2.75) is 19.8 Å². The number of carboxylic acid groups (broad SMARTS) is 1. The van der Waals surface area contributed by atoms with Gasteiger partial charge in [-0.1, -0.05) is 13.8 Å². The van der Waals surface area contributed by atoms with E-state index in [0.717, 1.165) is 6.20 Å². The van der Waals surface area contributed by atoms with Crippen LogP contribution < -0.4 is 0 Å². The molecular formula is C12H13FN2O2. The zero-order valence-electron chi connectivity index (χ0n) is 9.57. The third kappa shape index (κ3) is 2.13. The van der Waals surface area contributed by atoms with Crippen LogP contribution in [0.1, 0.15) is 25.5 Å². The molecule has 1 unspecified atom stereocenters. The Balaban J connectivity index is 2.51. The lowest BCUT2D eigenvalue weighted by atomic mass is 9.93. The molecule has 2 aromatic rings. The number of nitrogens with zero attached hydrogens (tertiary/aromatic N) is 1. The number of nitrogens with one attached hydrogen (secondary N) is 1. The van der Waals surface area contributed by atoms with E-state index in [4.69, 9.17) is 5.11 Å². The highest BCUT2D eigenvalue weighted by Crippen LogP contribution is 2.26. The fourth-order valence-corrected chi connectivity index (χ4v) is 1.95. The maximum atomic E-state index is 13.0. The lowest BCUT2D eigenvalue weighted by Crippen LogP contribution is -2.17. The van der Waals surface area contributed by atoms with Crippen LogP contribution in [0.4, 0.5) is 4.39 Å². The Morgan fingerprint density at radius 3 is 2.76 bits per heavy atom. The molecular weight excluding hydrogens is 223 g/mol. The molecule has 0 saturated carbocycles.